The van der Waals surface area contributed by atoms with Crippen LogP contribution in [-0.2, 0) is 0 Å². The second kappa shape index (κ2) is 37.8. The van der Waals surface area contributed by atoms with Gasteiger partial charge in [-0.05, 0) is 191 Å². The van der Waals surface area contributed by atoms with Crippen molar-refractivity contribution in [1.82, 2.24) is 43.6 Å². The van der Waals surface area contributed by atoms with Crippen LogP contribution in [0.15, 0.2) is 528 Å². The Kier molecular flexibility index (Phi) is 22.3. The van der Waals surface area contributed by atoms with Gasteiger partial charge in [0, 0.05) is 128 Å². The van der Waals surface area contributed by atoms with Crippen molar-refractivity contribution in [3.63, 3.8) is 0 Å². The van der Waals surface area contributed by atoms with Gasteiger partial charge in [-0.25, -0.2) is 29.9 Å². The zero-order chi connectivity index (χ0) is 99.1. The Morgan fingerprint density at radius 2 is 0.407 bits per heavy atom. The molecule has 0 atom stereocenters. The molecule has 9 heterocycles. The molecule has 0 N–H and O–H groups in total. The minimum Gasteiger partial charge on any atom is -0.278 e. The van der Waals surface area contributed by atoms with Crippen molar-refractivity contribution in [2.45, 2.75) is 0 Å². The quantitative estimate of drug-likeness (QED) is 0.102. The van der Waals surface area contributed by atoms with Crippen LogP contribution in [0.2, 0.25) is 0 Å². The number of nitrogens with zero attached hydrogens (tertiary/aromatic N) is 9. The Balaban J connectivity index is 0.000000108. The number of thiophene rings is 3. The first kappa shape index (κ1) is 88.6. The van der Waals surface area contributed by atoms with Crippen molar-refractivity contribution in [3.05, 3.63) is 528 Å². The topological polar surface area (TPSA) is 92.1 Å². The Hall–Kier alpha value is -19.1. The van der Waals surface area contributed by atoms with Gasteiger partial charge in [0.1, 0.15) is 0 Å². The van der Waals surface area contributed by atoms with Gasteiger partial charge in [-0.1, -0.05) is 419 Å². The Morgan fingerprint density at radius 1 is 0.147 bits per heavy atom. The maximum absolute atomic E-state index is 5.25. The molecule has 0 aliphatic heterocycles. The molecule has 0 saturated heterocycles. The zero-order valence-electron chi connectivity index (χ0n) is 81.0. The molecule has 30 aromatic rings. The highest BCUT2D eigenvalue weighted by molar-refractivity contribution is 7.28. The molecule has 12 heteroatoms. The first-order chi connectivity index (χ1) is 74.4. The minimum absolute atomic E-state index is 0.658. The van der Waals surface area contributed by atoms with Crippen molar-refractivity contribution in [3.8, 4) is 152 Å². The van der Waals surface area contributed by atoms with Gasteiger partial charge in [-0.3, -0.25) is 13.7 Å². The largest absolute Gasteiger partial charge is 0.278 e. The van der Waals surface area contributed by atoms with Gasteiger partial charge in [0.25, 0.3) is 0 Å². The van der Waals surface area contributed by atoms with Gasteiger partial charge in [-0.2, -0.15) is 0 Å². The molecular weight excluding hydrogens is 1880 g/mol. The molecule has 0 aliphatic carbocycles. The second-order valence-electron chi connectivity index (χ2n) is 37.9. The van der Waals surface area contributed by atoms with Crippen molar-refractivity contribution in [2.24, 2.45) is 0 Å². The van der Waals surface area contributed by atoms with E-state index in [-0.39, 0.29) is 0 Å². The van der Waals surface area contributed by atoms with Crippen LogP contribution >= 0.6 is 34.0 Å². The Morgan fingerprint density at radius 3 is 0.833 bits per heavy atom. The average Bonchev–Trinajstić information content (AvgIpc) is 1.56. The summed E-state index contributed by atoms with van der Waals surface area (Å²) >= 11 is 5.60. The van der Waals surface area contributed by atoms with Crippen molar-refractivity contribution < 1.29 is 0 Å². The summed E-state index contributed by atoms with van der Waals surface area (Å²) in [6.45, 7) is 0. The van der Waals surface area contributed by atoms with E-state index in [9.17, 15) is 0 Å². The lowest BCUT2D eigenvalue weighted by atomic mass is 9.98. The predicted octanol–water partition coefficient (Wildman–Crippen LogP) is 37.8. The third kappa shape index (κ3) is 16.0. The molecule has 0 spiro atoms. The maximum atomic E-state index is 5.25. The SMILES string of the molecule is c1ccc(-c2ccc(-c3cccc(-c4ccnc(-n5c6cc(-c7ccccc7)ccc6c6c7sc8ccccc8c7ccc65)n4)c3)cc2)cc1.c1ccc(-c2ccc(-c3cccc(-c4ccnc(-n5c6ccc(-c7ccccc7)cc6c6c7sc8ccccc8c7ccc65)n4)c3)cc2)cc1.c1ccc(-c2ccc(-c3cccc(-c4ccnc(-n5c6ccccc6c6c7sc8c(-c9ccccc9)cccc8c7ccc65)n4)c3)cc2)cc1. The number of aromatic nitrogens is 9. The highest BCUT2D eigenvalue weighted by Crippen LogP contribution is 2.50. The predicted molar refractivity (Wildman–Crippen MR) is 633 cm³/mol. The third-order valence-corrected chi connectivity index (χ3v) is 32.8. The van der Waals surface area contributed by atoms with Gasteiger partial charge in [0.15, 0.2) is 0 Å². The third-order valence-electron chi connectivity index (χ3n) is 29.1. The van der Waals surface area contributed by atoms with Crippen molar-refractivity contribution >= 4 is 160 Å². The monoisotopic (exact) mass is 1970 g/mol. The summed E-state index contributed by atoms with van der Waals surface area (Å²) in [4.78, 5) is 30.3. The number of fused-ring (bicyclic) bond motifs is 21. The van der Waals surface area contributed by atoms with E-state index in [0.29, 0.717) is 17.8 Å². The van der Waals surface area contributed by atoms with E-state index in [0.717, 1.165) is 89.1 Å². The second-order valence-corrected chi connectivity index (χ2v) is 41.0. The fraction of sp³-hybridized carbons (Fsp3) is 0. The molecule has 0 aliphatic rings. The van der Waals surface area contributed by atoms with Crippen LogP contribution < -0.4 is 0 Å². The van der Waals surface area contributed by atoms with Gasteiger partial charge in [-0.15, -0.1) is 34.0 Å². The van der Waals surface area contributed by atoms with Gasteiger partial charge in [0.05, 0.1) is 50.2 Å². The highest BCUT2D eigenvalue weighted by Gasteiger charge is 2.26. The summed E-state index contributed by atoms with van der Waals surface area (Å²) in [7, 11) is 0. The van der Waals surface area contributed by atoms with Crippen LogP contribution in [0.5, 0.6) is 0 Å². The molecule has 702 valence electrons. The lowest BCUT2D eigenvalue weighted by Crippen LogP contribution is -2.01. The van der Waals surface area contributed by atoms with Crippen LogP contribution in [0.1, 0.15) is 0 Å². The molecular formula is C138H87N9S3. The molecule has 0 bridgehead atoms. The fourth-order valence-electron chi connectivity index (χ4n) is 21.9. The van der Waals surface area contributed by atoms with Gasteiger partial charge < -0.3 is 0 Å². The van der Waals surface area contributed by atoms with Crippen molar-refractivity contribution in [2.75, 3.05) is 0 Å². The van der Waals surface area contributed by atoms with Crippen LogP contribution in [0.4, 0.5) is 0 Å². The minimum atomic E-state index is 0.658. The number of para-hydroxylation sites is 1. The van der Waals surface area contributed by atoms with E-state index in [1.165, 1.54) is 171 Å². The van der Waals surface area contributed by atoms with E-state index in [4.69, 9.17) is 29.9 Å². The molecule has 0 unspecified atom stereocenters. The molecule has 0 amide bonds. The van der Waals surface area contributed by atoms with E-state index in [1.807, 2.05) is 70.8 Å². The first-order valence-corrected chi connectivity index (χ1v) is 52.9. The Labute approximate surface area is 876 Å². The van der Waals surface area contributed by atoms with Crippen LogP contribution in [0.25, 0.3) is 278 Å². The molecule has 21 aromatic carbocycles. The number of benzene rings is 21. The first-order valence-electron chi connectivity index (χ1n) is 50.5. The average molecular weight is 1970 g/mol. The van der Waals surface area contributed by atoms with Gasteiger partial charge >= 0.3 is 0 Å². The lowest BCUT2D eigenvalue weighted by Gasteiger charge is -2.10. The van der Waals surface area contributed by atoms with E-state index < -0.39 is 0 Å². The lowest BCUT2D eigenvalue weighted by molar-refractivity contribution is 0.992. The highest BCUT2D eigenvalue weighted by atomic mass is 32.1. The van der Waals surface area contributed by atoms with Crippen LogP contribution in [-0.4, -0.2) is 43.6 Å². The summed E-state index contributed by atoms with van der Waals surface area (Å²) in [5.41, 5.74) is 33.9. The summed E-state index contributed by atoms with van der Waals surface area (Å²) < 4.78 is 14.5. The molecule has 9 nitrogen and oxygen atoms in total. The van der Waals surface area contributed by atoms with Crippen LogP contribution in [0, 0.1) is 0 Å². The molecule has 0 fully saturated rings. The fourth-order valence-corrected chi connectivity index (χ4v) is 25.8. The van der Waals surface area contributed by atoms with Crippen LogP contribution in [0.3, 0.4) is 0 Å². The Bertz CT molecular complexity index is 10400. The summed E-state index contributed by atoms with van der Waals surface area (Å²) in [5, 5.41) is 15.1. The number of hydrogen-bond donors (Lipinski definition) is 0. The maximum Gasteiger partial charge on any atom is 0.235 e. The molecule has 9 aromatic heterocycles. The number of hydrogen-bond acceptors (Lipinski definition) is 9. The smallest absolute Gasteiger partial charge is 0.235 e. The normalized spacial score (nSPS) is 11.6. The molecule has 30 rings (SSSR count). The van der Waals surface area contributed by atoms with E-state index in [1.54, 1.807) is 0 Å². The number of rotatable bonds is 15. The van der Waals surface area contributed by atoms with E-state index in [2.05, 4.69) is 505 Å². The molecule has 0 saturated carbocycles. The zero-order valence-corrected chi connectivity index (χ0v) is 83.4. The van der Waals surface area contributed by atoms with Gasteiger partial charge in [0.2, 0.25) is 17.8 Å². The standard InChI is InChI=1S/3C46H29N3S/c1-3-11-30(12-4-1)31-21-23-32(24-22-31)34-15-9-16-35(29-34)40-27-28-47-46(48-40)49-41-20-8-7-17-39(41)43-42(49)26-25-38-37-19-10-18-36(44(37)50-45(38)43)33-13-5-2-6-14-33;1-3-10-30(11-4-1)32-18-20-33(21-19-32)34-14-9-15-36(28-34)40-26-27-47-46(48-40)49-41-24-22-35(31-12-5-2-6-13-31)29-39(41)44-42(49)25-23-38-37-16-7-8-17-43(37)50-45(38)44;1-3-10-30(11-4-1)32-18-20-33(21-19-32)34-14-9-15-36(28-34)40-26-27-47-46(48-40)49-41-25-24-38-37-16-7-8-17-43(37)50-45(38)44(41)39-23-22-35(29-42(39)49)31-12-5-2-6-13-31/h3*1-29H. The summed E-state index contributed by atoms with van der Waals surface area (Å²) in [5.74, 6) is 1.98. The van der Waals surface area contributed by atoms with Crippen molar-refractivity contribution in [1.29, 1.82) is 0 Å². The van der Waals surface area contributed by atoms with E-state index >= 15 is 0 Å². The summed E-state index contributed by atoms with van der Waals surface area (Å²) in [6.07, 6.45) is 5.65. The molecule has 0 radical (unpaired) electrons. The summed E-state index contributed by atoms with van der Waals surface area (Å²) in [6, 6.07) is 181. The molecule has 150 heavy (non-hydrogen) atoms.